The first kappa shape index (κ1) is 18.0. The molecule has 0 N–H and O–H groups in total. The topological polar surface area (TPSA) is 58.5 Å². The molecule has 4 nitrogen and oxygen atoms in total. The van der Waals surface area contributed by atoms with Crippen LogP contribution in [-0.4, -0.2) is 6.61 Å². The average molecular weight is 509 g/mol. The molecule has 3 aromatic rings. The molecule has 1 heterocycles. The summed E-state index contributed by atoms with van der Waals surface area (Å²) in [6.45, 7) is 2.52. The molecule has 6 heteroatoms. The number of nitriles is 1. The van der Waals surface area contributed by atoms with E-state index in [2.05, 4.69) is 25.1 Å². The molecule has 0 radical (unpaired) electrons. The zero-order valence-electron chi connectivity index (χ0n) is 13.4. The Kier molecular flexibility index (Phi) is 6.13. The van der Waals surface area contributed by atoms with Gasteiger partial charge in [0, 0.05) is 15.6 Å². The SMILES string of the molecule is CCOI=Nc1oc(-c2ccccc2)c(-c2ccc(Br)cc2)c1C#N. The zero-order valence-corrected chi connectivity index (χ0v) is 17.1. The summed E-state index contributed by atoms with van der Waals surface area (Å²) in [5, 5.41) is 9.72. The van der Waals surface area contributed by atoms with Crippen LogP contribution in [0.5, 0.6) is 0 Å². The molecule has 0 fully saturated rings. The van der Waals surface area contributed by atoms with E-state index in [1.807, 2.05) is 61.5 Å². The maximum absolute atomic E-state index is 9.72. The monoisotopic (exact) mass is 508 g/mol. The Balaban J connectivity index is 2.22. The van der Waals surface area contributed by atoms with Gasteiger partial charge >= 0.3 is 0 Å². The highest BCUT2D eigenvalue weighted by atomic mass is 127. The lowest BCUT2D eigenvalue weighted by molar-refractivity contribution is 0.457. The lowest BCUT2D eigenvalue weighted by Crippen LogP contribution is -1.83. The molecule has 1 aromatic heterocycles. The van der Waals surface area contributed by atoms with Gasteiger partial charge in [0.15, 0.2) is 21.4 Å². The van der Waals surface area contributed by atoms with Crippen molar-refractivity contribution in [3.8, 4) is 28.5 Å². The Morgan fingerprint density at radius 2 is 1.84 bits per heavy atom. The second-order valence-electron chi connectivity index (χ2n) is 5.02. The smallest absolute Gasteiger partial charge is 0.244 e. The van der Waals surface area contributed by atoms with Gasteiger partial charge in [-0.25, -0.2) is 0 Å². The maximum Gasteiger partial charge on any atom is 0.244 e. The largest absolute Gasteiger partial charge is 0.436 e. The molecule has 25 heavy (non-hydrogen) atoms. The number of halogens is 2. The van der Waals surface area contributed by atoms with Crippen LogP contribution in [-0.2, 0) is 3.07 Å². The van der Waals surface area contributed by atoms with Crippen molar-refractivity contribution in [1.29, 1.82) is 5.26 Å². The van der Waals surface area contributed by atoms with Gasteiger partial charge in [-0.05, 0) is 24.6 Å². The third-order valence-electron chi connectivity index (χ3n) is 3.44. The fourth-order valence-electron chi connectivity index (χ4n) is 2.37. The third-order valence-corrected chi connectivity index (χ3v) is 5.50. The number of hydrogen-bond acceptors (Lipinski definition) is 4. The molecule has 0 bridgehead atoms. The second-order valence-corrected chi connectivity index (χ2v) is 7.44. The van der Waals surface area contributed by atoms with Crippen molar-refractivity contribution in [1.82, 2.24) is 0 Å². The maximum atomic E-state index is 9.72. The molecular weight excluding hydrogens is 495 g/mol. The summed E-state index contributed by atoms with van der Waals surface area (Å²) >= 11 is 2.60. The van der Waals surface area contributed by atoms with Crippen LogP contribution >= 0.6 is 37.4 Å². The van der Waals surface area contributed by atoms with Gasteiger partial charge in [-0.3, -0.25) is 0 Å². The summed E-state index contributed by atoms with van der Waals surface area (Å²) in [6.07, 6.45) is 0. The second kappa shape index (κ2) is 8.52. The fraction of sp³-hybridized carbons (Fsp3) is 0.105. The molecule has 0 atom stereocenters. The van der Waals surface area contributed by atoms with Crippen LogP contribution in [0.4, 0.5) is 5.88 Å². The Morgan fingerprint density at radius 1 is 1.12 bits per heavy atom. The van der Waals surface area contributed by atoms with Gasteiger partial charge in [0.2, 0.25) is 5.88 Å². The van der Waals surface area contributed by atoms with Gasteiger partial charge in [-0.15, -0.1) is 0 Å². The first-order chi connectivity index (χ1) is 12.2. The van der Waals surface area contributed by atoms with E-state index in [1.165, 1.54) is 0 Å². The molecule has 0 aliphatic rings. The molecule has 0 aliphatic heterocycles. The number of furan rings is 1. The highest BCUT2D eigenvalue weighted by Crippen LogP contribution is 2.43. The molecule has 0 saturated carbocycles. The van der Waals surface area contributed by atoms with Crippen LogP contribution in [0.2, 0.25) is 0 Å². The van der Waals surface area contributed by atoms with Gasteiger partial charge in [-0.2, -0.15) is 8.41 Å². The summed E-state index contributed by atoms with van der Waals surface area (Å²) in [4.78, 5) is 0. The zero-order chi connectivity index (χ0) is 17.6. The van der Waals surface area contributed by atoms with E-state index < -0.39 is 21.4 Å². The average Bonchev–Trinajstić information content (AvgIpc) is 3.02. The highest BCUT2D eigenvalue weighted by Gasteiger charge is 2.22. The molecule has 0 saturated heterocycles. The summed E-state index contributed by atoms with van der Waals surface area (Å²) in [5.41, 5.74) is 3.03. The quantitative estimate of drug-likeness (QED) is 0.349. The van der Waals surface area contributed by atoms with E-state index in [9.17, 15) is 5.26 Å². The van der Waals surface area contributed by atoms with Gasteiger partial charge in [0.05, 0.1) is 6.61 Å². The first-order valence-corrected chi connectivity index (χ1v) is 10.2. The van der Waals surface area contributed by atoms with E-state index >= 15 is 0 Å². The minimum atomic E-state index is -0.849. The van der Waals surface area contributed by atoms with Crippen LogP contribution in [0, 0.1) is 11.3 Å². The Hall–Kier alpha value is -1.82. The van der Waals surface area contributed by atoms with Crippen molar-refractivity contribution in [3.05, 3.63) is 64.6 Å². The van der Waals surface area contributed by atoms with E-state index in [1.54, 1.807) is 0 Å². The van der Waals surface area contributed by atoms with Gasteiger partial charge < -0.3 is 7.48 Å². The first-order valence-electron chi connectivity index (χ1n) is 7.60. The Bertz CT molecular complexity index is 929. The molecule has 2 aromatic carbocycles. The minimum absolute atomic E-state index is 0.348. The molecule has 0 amide bonds. The third kappa shape index (κ3) is 4.06. The van der Waals surface area contributed by atoms with Gasteiger partial charge in [0.25, 0.3) is 0 Å². The van der Waals surface area contributed by atoms with Crippen LogP contribution in [0.25, 0.3) is 22.5 Å². The van der Waals surface area contributed by atoms with E-state index in [0.717, 1.165) is 21.2 Å². The highest BCUT2D eigenvalue weighted by molar-refractivity contribution is 14.1. The van der Waals surface area contributed by atoms with Gasteiger partial charge in [0.1, 0.15) is 17.4 Å². The summed E-state index contributed by atoms with van der Waals surface area (Å²) < 4.78 is 16.8. The summed E-state index contributed by atoms with van der Waals surface area (Å²) in [5.74, 6) is 0.999. The van der Waals surface area contributed by atoms with Crippen molar-refractivity contribution in [3.63, 3.8) is 0 Å². The minimum Gasteiger partial charge on any atom is -0.436 e. The van der Waals surface area contributed by atoms with Crippen molar-refractivity contribution < 1.29 is 7.48 Å². The lowest BCUT2D eigenvalue weighted by Gasteiger charge is -2.04. The number of hydrogen-bond donors (Lipinski definition) is 0. The van der Waals surface area contributed by atoms with E-state index in [0.29, 0.717) is 23.8 Å². The standard InChI is InChI=1S/C19H14BrIN2O2/c1-2-24-21-23-19-16(12-22)17(13-8-10-15(20)11-9-13)18(25-19)14-6-4-3-5-7-14/h3-11H,2H2,1H3. The number of nitrogens with zero attached hydrogens (tertiary/aromatic N) is 2. The molecule has 0 unspecified atom stereocenters. The number of benzene rings is 2. The Labute approximate surface area is 165 Å². The Morgan fingerprint density at radius 3 is 2.48 bits per heavy atom. The molecule has 0 spiro atoms. The van der Waals surface area contributed by atoms with E-state index in [-0.39, 0.29) is 0 Å². The van der Waals surface area contributed by atoms with Crippen LogP contribution in [0.1, 0.15) is 12.5 Å². The predicted molar refractivity (Wildman–Crippen MR) is 110 cm³/mol. The normalized spacial score (nSPS) is 11.2. The van der Waals surface area contributed by atoms with Crippen molar-refractivity contribution >= 4 is 43.3 Å². The van der Waals surface area contributed by atoms with E-state index in [4.69, 9.17) is 7.48 Å². The summed E-state index contributed by atoms with van der Waals surface area (Å²) in [7, 11) is 0. The molecule has 3 rings (SSSR count). The molecule has 0 aliphatic carbocycles. The van der Waals surface area contributed by atoms with Crippen LogP contribution < -0.4 is 0 Å². The molecular formula is C19H14BrIN2O2. The fourth-order valence-corrected chi connectivity index (χ4v) is 3.57. The number of rotatable bonds is 5. The predicted octanol–water partition coefficient (Wildman–Crippen LogP) is 6.99. The van der Waals surface area contributed by atoms with Crippen LogP contribution in [0.3, 0.4) is 0 Å². The van der Waals surface area contributed by atoms with Crippen molar-refractivity contribution in [2.75, 3.05) is 6.61 Å². The van der Waals surface area contributed by atoms with Crippen LogP contribution in [0.15, 0.2) is 66.6 Å². The molecule has 126 valence electrons. The van der Waals surface area contributed by atoms with Gasteiger partial charge in [-0.1, -0.05) is 58.4 Å². The summed E-state index contributed by atoms with van der Waals surface area (Å²) in [6, 6.07) is 19.8. The lowest BCUT2D eigenvalue weighted by atomic mass is 9.98. The van der Waals surface area contributed by atoms with Crippen molar-refractivity contribution in [2.24, 2.45) is 3.15 Å². The van der Waals surface area contributed by atoms with Crippen molar-refractivity contribution in [2.45, 2.75) is 6.92 Å².